The van der Waals surface area contributed by atoms with E-state index in [1.54, 1.807) is 43.3 Å². The van der Waals surface area contributed by atoms with Crippen LogP contribution in [0.3, 0.4) is 0 Å². The summed E-state index contributed by atoms with van der Waals surface area (Å²) in [6.45, 7) is 18.0. The van der Waals surface area contributed by atoms with Gasteiger partial charge in [-0.2, -0.15) is 0 Å². The number of primary amides is 1. The lowest BCUT2D eigenvalue weighted by atomic mass is 10.0. The molecule has 17 amide bonds. The van der Waals surface area contributed by atoms with Crippen LogP contribution in [0, 0.1) is 17.8 Å². The SMILES string of the molecule is CC(=O)N[C@@H](C)CNC(=O)N[C@H](CNC(=O)N[C@H](CNC(N)=O)Cc1ccc(O)cc1)C(C)C.CNC[C@H](CCCCN)NC(=O)NC[C@H](Cc1ccccc1)NC(=O)NC[C@@H](NC(=O)NC[C@H](CC(C)C)NC(=O)NC[C@H](CCCCN)NC(=O)NC[C@@H](N)Cc1ccc(O)cc1)C(C)C. The first-order chi connectivity index (χ1) is 48.0. The molecule has 32 heteroatoms. The smallest absolute Gasteiger partial charge is 0.315 e. The minimum absolute atomic E-state index is 0.0307. The van der Waals surface area contributed by atoms with Gasteiger partial charge in [0.1, 0.15) is 11.5 Å². The van der Waals surface area contributed by atoms with E-state index in [0.29, 0.717) is 51.7 Å². The molecule has 0 fully saturated rings. The van der Waals surface area contributed by atoms with Gasteiger partial charge in [-0.3, -0.25) is 4.79 Å². The zero-order valence-corrected chi connectivity index (χ0v) is 60.7. The van der Waals surface area contributed by atoms with E-state index in [1.165, 1.54) is 19.1 Å². The predicted molar refractivity (Wildman–Crippen MR) is 394 cm³/mol. The van der Waals surface area contributed by atoms with Crippen LogP contribution in [-0.4, -0.2) is 198 Å². The molecule has 0 saturated carbocycles. The number of likely N-dealkylation sites (N-methyl/N-ethyl adjacent to an activating group) is 1. The maximum absolute atomic E-state index is 13.3. The topological polar surface area (TPSA) is 503 Å². The van der Waals surface area contributed by atoms with Crippen LogP contribution in [-0.2, 0) is 24.1 Å². The van der Waals surface area contributed by atoms with Crippen LogP contribution < -0.4 is 113 Å². The molecule has 0 aliphatic carbocycles. The molecule has 9 atom stereocenters. The first-order valence-corrected chi connectivity index (χ1v) is 35.1. The average Bonchev–Trinajstić information content (AvgIpc) is 0.954. The van der Waals surface area contributed by atoms with Crippen molar-refractivity contribution in [3.8, 4) is 11.5 Å². The number of nitrogens with one attached hydrogen (secondary N) is 17. The lowest BCUT2D eigenvalue weighted by molar-refractivity contribution is -0.119. The first kappa shape index (κ1) is 87.8. The summed E-state index contributed by atoms with van der Waals surface area (Å²) in [4.78, 5) is 112. The number of carbonyl (C=O) groups excluding carboxylic acids is 9. The van der Waals surface area contributed by atoms with Crippen LogP contribution in [0.5, 0.6) is 11.5 Å². The van der Waals surface area contributed by atoms with Crippen LogP contribution in [0.4, 0.5) is 38.4 Å². The number of phenols is 2. The number of benzene rings is 3. The van der Waals surface area contributed by atoms with E-state index in [2.05, 4.69) is 90.4 Å². The Kier molecular flexibility index (Phi) is 44.3. The Balaban J connectivity index is 0.000000853. The van der Waals surface area contributed by atoms with E-state index in [0.717, 1.165) is 48.8 Å². The Bertz CT molecular complexity index is 2860. The molecule has 0 spiro atoms. The summed E-state index contributed by atoms with van der Waals surface area (Å²) in [5, 5.41) is 67.5. The van der Waals surface area contributed by atoms with Crippen molar-refractivity contribution in [3.63, 3.8) is 0 Å². The van der Waals surface area contributed by atoms with Crippen molar-refractivity contribution in [1.82, 2.24) is 90.4 Å². The van der Waals surface area contributed by atoms with E-state index in [1.807, 2.05) is 78.9 Å². The molecular formula is C69H121N21O11. The quantitative estimate of drug-likeness (QED) is 0.0361. The van der Waals surface area contributed by atoms with Gasteiger partial charge in [-0.25, -0.2) is 38.4 Å². The zero-order valence-electron chi connectivity index (χ0n) is 60.7. The van der Waals surface area contributed by atoms with Crippen molar-refractivity contribution in [2.75, 3.05) is 79.0 Å². The monoisotopic (exact) mass is 1420 g/mol. The number of nitrogens with two attached hydrogens (primary N) is 4. The fourth-order valence-corrected chi connectivity index (χ4v) is 10.4. The summed E-state index contributed by atoms with van der Waals surface area (Å²) in [5.41, 5.74) is 25.5. The summed E-state index contributed by atoms with van der Waals surface area (Å²) < 4.78 is 0. The van der Waals surface area contributed by atoms with Crippen LogP contribution in [0.2, 0.25) is 0 Å². The molecule has 0 aromatic heterocycles. The maximum Gasteiger partial charge on any atom is 0.315 e. The Morgan fingerprint density at radius 1 is 0.396 bits per heavy atom. The number of hydrogen-bond donors (Lipinski definition) is 23. The van der Waals surface area contributed by atoms with Crippen molar-refractivity contribution in [3.05, 3.63) is 95.6 Å². The van der Waals surface area contributed by atoms with Gasteiger partial charge in [0.2, 0.25) is 5.91 Å². The third-order valence-electron chi connectivity index (χ3n) is 15.9. The summed E-state index contributed by atoms with van der Waals surface area (Å²) in [6.07, 6.45) is 6.64. The number of amides is 17. The minimum Gasteiger partial charge on any atom is -0.508 e. The van der Waals surface area contributed by atoms with Crippen LogP contribution in [0.15, 0.2) is 78.9 Å². The van der Waals surface area contributed by atoms with Gasteiger partial charge in [-0.1, -0.05) is 109 Å². The van der Waals surface area contributed by atoms with Gasteiger partial charge in [0, 0.05) is 96.0 Å². The second-order valence-corrected chi connectivity index (χ2v) is 26.5. The van der Waals surface area contributed by atoms with Crippen LogP contribution in [0.25, 0.3) is 0 Å². The molecule has 0 bridgehead atoms. The molecule has 27 N–H and O–H groups in total. The average molecular weight is 1420 g/mol. The molecule has 0 aliphatic heterocycles. The van der Waals surface area contributed by atoms with Crippen molar-refractivity contribution < 1.29 is 53.4 Å². The number of aromatic hydroxyl groups is 2. The third-order valence-corrected chi connectivity index (χ3v) is 15.9. The summed E-state index contributed by atoms with van der Waals surface area (Å²) in [5.74, 6) is 0.303. The van der Waals surface area contributed by atoms with Gasteiger partial charge in [-0.05, 0) is 137 Å². The molecule has 568 valence electrons. The first-order valence-electron chi connectivity index (χ1n) is 35.1. The van der Waals surface area contributed by atoms with Gasteiger partial charge < -0.3 is 124 Å². The van der Waals surface area contributed by atoms with Gasteiger partial charge in [0.15, 0.2) is 0 Å². The molecular weight excluding hydrogens is 1300 g/mol. The highest BCUT2D eigenvalue weighted by Crippen LogP contribution is 2.14. The van der Waals surface area contributed by atoms with Crippen molar-refractivity contribution in [2.45, 2.75) is 174 Å². The van der Waals surface area contributed by atoms with Gasteiger partial charge in [-0.15, -0.1) is 0 Å². The molecule has 0 aliphatic rings. The Hall–Kier alpha value is -9.27. The maximum atomic E-state index is 13.3. The number of hydrogen-bond acceptors (Lipinski definition) is 15. The second-order valence-electron chi connectivity index (χ2n) is 26.5. The van der Waals surface area contributed by atoms with E-state index >= 15 is 0 Å². The molecule has 3 aromatic rings. The van der Waals surface area contributed by atoms with E-state index in [4.69, 9.17) is 22.9 Å². The summed E-state index contributed by atoms with van der Waals surface area (Å²) >= 11 is 0. The van der Waals surface area contributed by atoms with Gasteiger partial charge >= 0.3 is 48.2 Å². The molecule has 101 heavy (non-hydrogen) atoms. The fraction of sp³-hybridized carbons (Fsp3) is 0.609. The standard InChI is InChI=1S/C47H84N14O6.C22H37N7O5/c1-32(2)23-39(59-45(65)53-28-38(16-10-12-22-49)58-43(63)52-26-36(50)24-35-17-19-41(62)20-18-35)29-55-47(67)61-42(33(3)4)31-56-46(66)60-40(25-34-13-7-6-8-14-34)30-54-44(64)57-37(27-51-5)15-9-11-21-48;1-13(2)19(29-22(34)25-10-14(3)27-15(4)30)12-26-21(33)28-17(11-24-20(23)32)9-16-5-7-18(31)8-6-16/h6-8,13-14,17-20,32-33,36-40,42,51,62H,9-12,15-16,21-31,48-50H2,1-5H3,(H2,52,58,63)(H2,53,59,65)(H2,54,57,64)(H2,55,61,67)(H2,56,60,66);5-8,13-14,17,19,31H,9-12H2,1-4H3,(H,27,30)(H3,23,24,32)(H2,25,29,34)(H2,26,28,33)/t36-,37-,38-,39-,40-,42+;14-,17-,19+/m00/s1. The van der Waals surface area contributed by atoms with Crippen LogP contribution in [0.1, 0.15) is 117 Å². The molecule has 0 unspecified atom stereocenters. The Morgan fingerprint density at radius 2 is 0.752 bits per heavy atom. The minimum atomic E-state index is -0.708. The largest absolute Gasteiger partial charge is 0.508 e. The lowest BCUT2D eigenvalue weighted by Crippen LogP contribution is -2.56. The number of rotatable bonds is 44. The zero-order chi connectivity index (χ0) is 75.1. The highest BCUT2D eigenvalue weighted by Gasteiger charge is 2.24. The van der Waals surface area contributed by atoms with Crippen molar-refractivity contribution in [1.29, 1.82) is 0 Å². The summed E-state index contributed by atoms with van der Waals surface area (Å²) in [7, 11) is 1.84. The Labute approximate surface area is 596 Å². The molecule has 0 saturated heterocycles. The second kappa shape index (κ2) is 51.0. The van der Waals surface area contributed by atoms with Crippen molar-refractivity contribution in [2.24, 2.45) is 40.7 Å². The van der Waals surface area contributed by atoms with Crippen molar-refractivity contribution >= 4 is 54.2 Å². The van der Waals surface area contributed by atoms with E-state index in [9.17, 15) is 53.4 Å². The number of urea groups is 8. The number of unbranched alkanes of at least 4 members (excludes halogenated alkanes) is 2. The molecule has 32 nitrogen and oxygen atoms in total. The third kappa shape index (κ3) is 43.8. The number of carbonyl (C=O) groups is 9. The van der Waals surface area contributed by atoms with Crippen LogP contribution >= 0.6 is 0 Å². The van der Waals surface area contributed by atoms with Gasteiger partial charge in [0.05, 0.1) is 24.2 Å². The Morgan fingerprint density at radius 3 is 1.17 bits per heavy atom. The highest BCUT2D eigenvalue weighted by molar-refractivity contribution is 5.79. The molecule has 0 radical (unpaired) electrons. The molecule has 3 aromatic carbocycles. The predicted octanol–water partition coefficient (Wildman–Crippen LogP) is 2.14. The summed E-state index contributed by atoms with van der Waals surface area (Å²) in [6, 6.07) is 16.2. The van der Waals surface area contributed by atoms with E-state index in [-0.39, 0.29) is 124 Å². The highest BCUT2D eigenvalue weighted by atomic mass is 16.3. The lowest BCUT2D eigenvalue weighted by Gasteiger charge is -2.26. The molecule has 0 heterocycles. The molecule has 3 rings (SSSR count). The number of phenolic OH excluding ortho intramolecular Hbond substituents is 2. The normalized spacial score (nSPS) is 13.6. The van der Waals surface area contributed by atoms with E-state index < -0.39 is 66.4 Å². The van der Waals surface area contributed by atoms with Gasteiger partial charge in [0.25, 0.3) is 0 Å². The fourth-order valence-electron chi connectivity index (χ4n) is 10.4.